The van der Waals surface area contributed by atoms with E-state index in [2.05, 4.69) is 0 Å². The smallest absolute Gasteiger partial charge is 0.416 e. The molecule has 0 spiro atoms. The molecule has 0 aromatic heterocycles. The first-order valence-electron chi connectivity index (χ1n) is 9.44. The summed E-state index contributed by atoms with van der Waals surface area (Å²) in [5, 5.41) is 11.1. The Kier molecular flexibility index (Phi) is 5.59. The van der Waals surface area contributed by atoms with Gasteiger partial charge in [-0.3, -0.25) is 4.90 Å². The molecule has 1 N–H and O–H groups in total. The predicted octanol–water partition coefficient (Wildman–Crippen LogP) is 3.92. The van der Waals surface area contributed by atoms with Crippen LogP contribution in [0.2, 0.25) is 0 Å². The van der Waals surface area contributed by atoms with Gasteiger partial charge in [-0.05, 0) is 51.3 Å². The van der Waals surface area contributed by atoms with Crippen LogP contribution in [-0.2, 0) is 22.1 Å². The molecule has 162 valence electrons. The summed E-state index contributed by atoms with van der Waals surface area (Å²) in [4.78, 5) is 14.1. The summed E-state index contributed by atoms with van der Waals surface area (Å²) in [6, 6.07) is 1.39. The van der Waals surface area contributed by atoms with Gasteiger partial charge in [-0.1, -0.05) is 6.07 Å². The highest BCUT2D eigenvalue weighted by Crippen LogP contribution is 2.38. The summed E-state index contributed by atoms with van der Waals surface area (Å²) < 4.78 is 63.5. The van der Waals surface area contributed by atoms with E-state index in [1.54, 1.807) is 25.7 Å². The maximum atomic E-state index is 14.3. The monoisotopic (exact) mass is 419 g/mol. The molecule has 0 aliphatic carbocycles. The molecule has 5 nitrogen and oxygen atoms in total. The zero-order valence-corrected chi connectivity index (χ0v) is 16.6. The number of piperidine rings is 1. The largest absolute Gasteiger partial charge is 0.444 e. The topological polar surface area (TPSA) is 59.0 Å². The number of alkyl halides is 3. The third kappa shape index (κ3) is 5.01. The van der Waals surface area contributed by atoms with E-state index < -0.39 is 46.9 Å². The van der Waals surface area contributed by atoms with Crippen LogP contribution in [0.25, 0.3) is 0 Å². The maximum absolute atomic E-state index is 14.3. The van der Waals surface area contributed by atoms with Gasteiger partial charge < -0.3 is 14.6 Å². The lowest BCUT2D eigenvalue weighted by Gasteiger charge is -2.51. The van der Waals surface area contributed by atoms with Gasteiger partial charge in [-0.15, -0.1) is 0 Å². The van der Waals surface area contributed by atoms with Crippen LogP contribution in [-0.4, -0.2) is 52.6 Å². The van der Waals surface area contributed by atoms with Crippen LogP contribution in [0.3, 0.4) is 0 Å². The SMILES string of the molecule is CC(C)(C)OC(=O)N1C2COCC1CC(O)(Cc1ccc(C(F)(F)F)cc1F)C2. The number of amides is 1. The van der Waals surface area contributed by atoms with Crippen molar-refractivity contribution in [2.75, 3.05) is 13.2 Å². The van der Waals surface area contributed by atoms with E-state index in [4.69, 9.17) is 9.47 Å². The Morgan fingerprint density at radius 1 is 1.24 bits per heavy atom. The van der Waals surface area contributed by atoms with E-state index in [0.717, 1.165) is 12.1 Å². The minimum atomic E-state index is -4.64. The molecule has 1 amide bonds. The molecule has 0 radical (unpaired) electrons. The lowest BCUT2D eigenvalue weighted by atomic mass is 9.77. The number of carbonyl (C=O) groups excluding carboxylic acids is 1. The molecule has 1 aromatic carbocycles. The van der Waals surface area contributed by atoms with Gasteiger partial charge in [0.25, 0.3) is 0 Å². The number of rotatable bonds is 2. The summed E-state index contributed by atoms with van der Waals surface area (Å²) >= 11 is 0. The quantitative estimate of drug-likeness (QED) is 0.739. The second kappa shape index (κ2) is 7.43. The molecule has 2 heterocycles. The number of nitrogens with zero attached hydrogens (tertiary/aromatic N) is 1. The van der Waals surface area contributed by atoms with Crippen LogP contribution >= 0.6 is 0 Å². The Bertz CT molecular complexity index is 761. The van der Waals surface area contributed by atoms with Crippen molar-refractivity contribution in [3.05, 3.63) is 35.1 Å². The molecule has 2 atom stereocenters. The summed E-state index contributed by atoms with van der Waals surface area (Å²) in [5.74, 6) is -1.01. The zero-order valence-electron chi connectivity index (χ0n) is 16.6. The van der Waals surface area contributed by atoms with Crippen molar-refractivity contribution in [1.82, 2.24) is 4.90 Å². The molecular formula is C20H25F4NO4. The van der Waals surface area contributed by atoms with Crippen molar-refractivity contribution in [3.8, 4) is 0 Å². The fourth-order valence-corrected chi connectivity index (χ4v) is 4.05. The number of aliphatic hydroxyl groups is 1. The van der Waals surface area contributed by atoms with Crippen molar-refractivity contribution in [3.63, 3.8) is 0 Å². The van der Waals surface area contributed by atoms with Crippen LogP contribution in [0.15, 0.2) is 18.2 Å². The molecule has 2 unspecified atom stereocenters. The normalized spacial score (nSPS) is 27.7. The molecule has 2 aliphatic rings. The van der Waals surface area contributed by atoms with Gasteiger partial charge in [-0.25, -0.2) is 9.18 Å². The van der Waals surface area contributed by atoms with Gasteiger partial charge in [0.2, 0.25) is 0 Å². The number of fused-ring (bicyclic) bond motifs is 2. The van der Waals surface area contributed by atoms with Gasteiger partial charge >= 0.3 is 12.3 Å². The van der Waals surface area contributed by atoms with Crippen molar-refractivity contribution >= 4 is 6.09 Å². The highest BCUT2D eigenvalue weighted by atomic mass is 19.4. The molecule has 2 aliphatic heterocycles. The minimum Gasteiger partial charge on any atom is -0.444 e. The Labute approximate surface area is 166 Å². The summed E-state index contributed by atoms with van der Waals surface area (Å²) in [7, 11) is 0. The first-order chi connectivity index (χ1) is 13.3. The third-order valence-corrected chi connectivity index (χ3v) is 5.14. The molecular weight excluding hydrogens is 394 g/mol. The van der Waals surface area contributed by atoms with Gasteiger partial charge in [0.05, 0.1) is 36.5 Å². The highest BCUT2D eigenvalue weighted by Gasteiger charge is 2.49. The average Bonchev–Trinajstić information content (AvgIpc) is 2.53. The second-order valence-electron chi connectivity index (χ2n) is 8.85. The standard InChI is InChI=1S/C20H25F4NO4/c1-18(2,3)29-17(26)25-14-8-19(27,9-15(25)11-28-10-14)7-12-4-5-13(6-16(12)21)20(22,23)24/h4-6,14-15,27H,7-11H2,1-3H3. The Morgan fingerprint density at radius 3 is 2.31 bits per heavy atom. The fourth-order valence-electron chi connectivity index (χ4n) is 4.05. The Morgan fingerprint density at radius 2 is 1.83 bits per heavy atom. The minimum absolute atomic E-state index is 0.00482. The lowest BCUT2D eigenvalue weighted by Crippen LogP contribution is -2.64. The molecule has 2 saturated heterocycles. The number of morpholine rings is 1. The van der Waals surface area contributed by atoms with E-state index >= 15 is 0 Å². The maximum Gasteiger partial charge on any atom is 0.416 e. The number of ether oxygens (including phenoxy) is 2. The van der Waals surface area contributed by atoms with Crippen LogP contribution in [0.1, 0.15) is 44.7 Å². The number of hydrogen-bond donors (Lipinski definition) is 1. The lowest BCUT2D eigenvalue weighted by molar-refractivity contribution is -0.138. The van der Waals surface area contributed by atoms with Crippen LogP contribution in [0.4, 0.5) is 22.4 Å². The van der Waals surface area contributed by atoms with Crippen LogP contribution in [0.5, 0.6) is 0 Å². The number of benzene rings is 1. The van der Waals surface area contributed by atoms with Crippen molar-refractivity contribution in [2.45, 2.75) is 69.5 Å². The van der Waals surface area contributed by atoms with Crippen molar-refractivity contribution < 1.29 is 36.9 Å². The van der Waals surface area contributed by atoms with E-state index in [0.29, 0.717) is 6.07 Å². The first-order valence-corrected chi connectivity index (χ1v) is 9.44. The number of hydrogen-bond acceptors (Lipinski definition) is 4. The summed E-state index contributed by atoms with van der Waals surface area (Å²) in [5.41, 5.74) is -3.11. The highest BCUT2D eigenvalue weighted by molar-refractivity contribution is 5.69. The zero-order chi connectivity index (χ0) is 21.6. The number of halogens is 4. The van der Waals surface area contributed by atoms with Gasteiger partial charge in [-0.2, -0.15) is 13.2 Å². The van der Waals surface area contributed by atoms with E-state index in [9.17, 15) is 27.5 Å². The van der Waals surface area contributed by atoms with Crippen LogP contribution in [0, 0.1) is 5.82 Å². The molecule has 3 rings (SSSR count). The Balaban J connectivity index is 1.77. The predicted molar refractivity (Wildman–Crippen MR) is 95.8 cm³/mol. The number of carbonyl (C=O) groups is 1. The molecule has 29 heavy (non-hydrogen) atoms. The third-order valence-electron chi connectivity index (χ3n) is 5.14. The molecule has 1 aromatic rings. The van der Waals surface area contributed by atoms with Crippen LogP contribution < -0.4 is 0 Å². The van der Waals surface area contributed by atoms with E-state index in [1.165, 1.54) is 0 Å². The molecule has 2 bridgehead atoms. The van der Waals surface area contributed by atoms with Crippen molar-refractivity contribution in [2.24, 2.45) is 0 Å². The molecule has 2 fully saturated rings. The second-order valence-corrected chi connectivity index (χ2v) is 8.85. The summed E-state index contributed by atoms with van der Waals surface area (Å²) in [6.07, 6.45) is -5.05. The first kappa shape index (κ1) is 21.8. The van der Waals surface area contributed by atoms with Gasteiger partial charge in [0, 0.05) is 6.42 Å². The van der Waals surface area contributed by atoms with Gasteiger partial charge in [0.1, 0.15) is 11.4 Å². The Hall–Kier alpha value is -1.87. The van der Waals surface area contributed by atoms with Gasteiger partial charge in [0.15, 0.2) is 0 Å². The molecule has 0 saturated carbocycles. The molecule has 9 heteroatoms. The summed E-state index contributed by atoms with van der Waals surface area (Å²) in [6.45, 7) is 5.67. The van der Waals surface area contributed by atoms with E-state index in [1.807, 2.05) is 0 Å². The van der Waals surface area contributed by atoms with Crippen molar-refractivity contribution in [1.29, 1.82) is 0 Å². The fraction of sp³-hybridized carbons (Fsp3) is 0.650. The average molecular weight is 419 g/mol. The van der Waals surface area contributed by atoms with E-state index in [-0.39, 0.29) is 38.0 Å².